The molecule has 0 atom stereocenters. The molecule has 0 aliphatic carbocycles. The van der Waals surface area contributed by atoms with Crippen LogP contribution in [0.3, 0.4) is 0 Å². The first kappa shape index (κ1) is 34.1. The summed E-state index contributed by atoms with van der Waals surface area (Å²) >= 11 is 0. The van der Waals surface area contributed by atoms with Gasteiger partial charge in [-0.05, 0) is 53.6 Å². The first-order valence-electron chi connectivity index (χ1n) is 20.6. The average molecular weight is 791 g/mol. The van der Waals surface area contributed by atoms with Crippen molar-refractivity contribution in [2.75, 3.05) is 0 Å². The van der Waals surface area contributed by atoms with E-state index in [2.05, 4.69) is 81.9 Å². The normalized spacial score (nSPS) is 11.8. The van der Waals surface area contributed by atoms with E-state index in [1.807, 2.05) is 121 Å². The monoisotopic (exact) mass is 790 g/mol. The van der Waals surface area contributed by atoms with Crippen LogP contribution in [0.15, 0.2) is 191 Å². The minimum absolute atomic E-state index is 0.431. The lowest BCUT2D eigenvalue weighted by atomic mass is 9.86. The van der Waals surface area contributed by atoms with Crippen LogP contribution in [0.1, 0.15) is 11.1 Å². The first-order valence-corrected chi connectivity index (χ1v) is 20.6. The minimum atomic E-state index is 0.431. The second-order valence-electron chi connectivity index (χ2n) is 15.7. The van der Waals surface area contributed by atoms with Crippen molar-refractivity contribution in [2.45, 2.75) is 0 Å². The van der Waals surface area contributed by atoms with Crippen molar-refractivity contribution in [1.29, 1.82) is 10.5 Å². The van der Waals surface area contributed by atoms with Crippen LogP contribution >= 0.6 is 0 Å². The fourth-order valence-electron chi connectivity index (χ4n) is 10.1. The van der Waals surface area contributed by atoms with E-state index in [0.717, 1.165) is 93.0 Å². The molecule has 0 saturated heterocycles. The molecule has 0 radical (unpaired) electrons. The molecule has 6 heteroatoms. The van der Waals surface area contributed by atoms with Gasteiger partial charge < -0.3 is 18.0 Å². The molecule has 4 aromatic heterocycles. The van der Waals surface area contributed by atoms with Crippen molar-refractivity contribution in [3.05, 3.63) is 193 Å². The van der Waals surface area contributed by atoms with Gasteiger partial charge in [0.25, 0.3) is 0 Å². The maximum Gasteiger partial charge on any atom is 0.160 e. The van der Waals surface area contributed by atoms with E-state index in [9.17, 15) is 10.5 Å². The lowest BCUT2D eigenvalue weighted by Crippen LogP contribution is -2.11. The Morgan fingerprint density at radius 2 is 0.871 bits per heavy atom. The van der Waals surface area contributed by atoms with E-state index >= 15 is 0 Å². The third kappa shape index (κ3) is 4.50. The molecule has 0 aliphatic heterocycles. The van der Waals surface area contributed by atoms with Crippen LogP contribution in [0.4, 0.5) is 0 Å². The molecule has 0 aliphatic rings. The predicted octanol–water partition coefficient (Wildman–Crippen LogP) is 14.8. The lowest BCUT2D eigenvalue weighted by Gasteiger charge is -2.25. The van der Waals surface area contributed by atoms with Gasteiger partial charge in [-0.15, -0.1) is 0 Å². The Bertz CT molecular complexity index is 4110. The molecule has 0 spiro atoms. The summed E-state index contributed by atoms with van der Waals surface area (Å²) in [7, 11) is 0. The molecule has 286 valence electrons. The number of para-hydroxylation sites is 4. The fourth-order valence-corrected chi connectivity index (χ4v) is 10.1. The Morgan fingerprint density at radius 1 is 0.355 bits per heavy atom. The number of nitrogens with zero attached hydrogens (tertiary/aromatic N) is 4. The molecule has 0 N–H and O–H groups in total. The summed E-state index contributed by atoms with van der Waals surface area (Å²) in [6.07, 6.45) is 0. The van der Waals surface area contributed by atoms with Gasteiger partial charge in [-0.3, -0.25) is 0 Å². The highest BCUT2D eigenvalue weighted by Crippen LogP contribution is 2.50. The van der Waals surface area contributed by atoms with Crippen molar-refractivity contribution in [3.8, 4) is 45.8 Å². The Morgan fingerprint density at radius 3 is 1.53 bits per heavy atom. The van der Waals surface area contributed by atoms with E-state index in [1.165, 1.54) is 0 Å². The molecule has 0 fully saturated rings. The molecule has 62 heavy (non-hydrogen) atoms. The maximum atomic E-state index is 12.0. The smallest absolute Gasteiger partial charge is 0.160 e. The van der Waals surface area contributed by atoms with Crippen molar-refractivity contribution in [3.63, 3.8) is 0 Å². The first-order chi connectivity index (χ1) is 30.7. The molecule has 4 heterocycles. The standard InChI is InChI=1S/C56H30N4O2/c57-31-41-50(34-17-5-2-6-18-34)54(60-43-23-11-7-19-35(43)37-27-28-38-36-20-9-13-25-46(36)62-56(38)55(37)60)42(32-58)49(33-15-3-1-4-16-33)53(41)59-44-24-12-8-21-39(44)51-45(59)29-30-48-52(51)40-22-10-14-26-47(40)61-48/h1-30H. The van der Waals surface area contributed by atoms with Gasteiger partial charge in [0.15, 0.2) is 5.58 Å². The van der Waals surface area contributed by atoms with Gasteiger partial charge >= 0.3 is 0 Å². The van der Waals surface area contributed by atoms with Gasteiger partial charge in [0.05, 0.1) is 44.6 Å². The predicted molar refractivity (Wildman–Crippen MR) is 250 cm³/mol. The third-order valence-electron chi connectivity index (χ3n) is 12.6. The summed E-state index contributed by atoms with van der Waals surface area (Å²) in [6, 6.07) is 66.8. The number of nitriles is 2. The SMILES string of the molecule is N#Cc1c(-c2ccccc2)c(-n2c3ccccc3c3ccc4c5ccccc5oc4c32)c(C#N)c(-c2ccccc2)c1-n1c2ccccc2c2c3c(ccc21)oc1ccccc13. The topological polar surface area (TPSA) is 83.7 Å². The minimum Gasteiger partial charge on any atom is -0.456 e. The summed E-state index contributed by atoms with van der Waals surface area (Å²) in [4.78, 5) is 0. The molecule has 0 saturated carbocycles. The third-order valence-corrected chi connectivity index (χ3v) is 12.6. The summed E-state index contributed by atoms with van der Waals surface area (Å²) in [5, 5.41) is 31.9. The number of hydrogen-bond donors (Lipinski definition) is 0. The van der Waals surface area contributed by atoms with Crippen molar-refractivity contribution in [1.82, 2.24) is 9.13 Å². The number of aromatic nitrogens is 2. The quantitative estimate of drug-likeness (QED) is 0.178. The molecule has 6 nitrogen and oxygen atoms in total. The average Bonchev–Trinajstić information content (AvgIpc) is 4.09. The number of rotatable bonds is 4. The van der Waals surface area contributed by atoms with E-state index in [-0.39, 0.29) is 0 Å². The highest BCUT2D eigenvalue weighted by molar-refractivity contribution is 6.28. The zero-order chi connectivity index (χ0) is 41.1. The van der Waals surface area contributed by atoms with Gasteiger partial charge in [-0.2, -0.15) is 10.5 Å². The largest absolute Gasteiger partial charge is 0.456 e. The van der Waals surface area contributed by atoms with E-state index in [1.54, 1.807) is 0 Å². The maximum absolute atomic E-state index is 12.0. The zero-order valence-electron chi connectivity index (χ0n) is 32.9. The molecular weight excluding hydrogens is 761 g/mol. The highest BCUT2D eigenvalue weighted by atomic mass is 16.3. The molecule has 9 aromatic carbocycles. The van der Waals surface area contributed by atoms with E-state index in [4.69, 9.17) is 8.83 Å². The summed E-state index contributed by atoms with van der Waals surface area (Å²) in [5.74, 6) is 0. The van der Waals surface area contributed by atoms with Crippen LogP contribution in [-0.4, -0.2) is 9.13 Å². The number of hydrogen-bond acceptors (Lipinski definition) is 4. The van der Waals surface area contributed by atoms with Crippen LogP contribution < -0.4 is 0 Å². The molecular formula is C56H30N4O2. The Balaban J connectivity index is 1.30. The molecule has 13 aromatic rings. The van der Waals surface area contributed by atoms with Gasteiger partial charge in [0, 0.05) is 54.2 Å². The van der Waals surface area contributed by atoms with E-state index in [0.29, 0.717) is 39.2 Å². The van der Waals surface area contributed by atoms with Crippen molar-refractivity contribution >= 4 is 87.5 Å². The Labute approximate surface area is 353 Å². The van der Waals surface area contributed by atoms with Crippen LogP contribution in [0, 0.1) is 22.7 Å². The summed E-state index contributed by atoms with van der Waals surface area (Å²) < 4.78 is 17.6. The number of furan rings is 2. The summed E-state index contributed by atoms with van der Waals surface area (Å²) in [6.45, 7) is 0. The van der Waals surface area contributed by atoms with Crippen LogP contribution in [0.2, 0.25) is 0 Å². The fraction of sp³-hybridized carbons (Fsp3) is 0. The van der Waals surface area contributed by atoms with Crippen molar-refractivity contribution in [2.24, 2.45) is 0 Å². The van der Waals surface area contributed by atoms with Crippen molar-refractivity contribution < 1.29 is 8.83 Å². The van der Waals surface area contributed by atoms with Gasteiger partial charge in [0.1, 0.15) is 28.9 Å². The molecule has 0 unspecified atom stereocenters. The van der Waals surface area contributed by atoms with Crippen LogP contribution in [-0.2, 0) is 0 Å². The van der Waals surface area contributed by atoms with Crippen LogP contribution in [0.25, 0.3) is 121 Å². The van der Waals surface area contributed by atoms with Gasteiger partial charge in [-0.25, -0.2) is 0 Å². The zero-order valence-corrected chi connectivity index (χ0v) is 32.9. The van der Waals surface area contributed by atoms with Crippen LogP contribution in [0.5, 0.6) is 0 Å². The molecule has 0 amide bonds. The molecule has 0 bridgehead atoms. The second-order valence-corrected chi connectivity index (χ2v) is 15.7. The number of benzene rings is 9. The second kappa shape index (κ2) is 12.8. The Hall–Kier alpha value is -8.84. The highest BCUT2D eigenvalue weighted by Gasteiger charge is 2.32. The Kier molecular flexibility index (Phi) is 7.05. The summed E-state index contributed by atoms with van der Waals surface area (Å²) in [5.41, 5.74) is 11.6. The number of fused-ring (bicyclic) bond motifs is 14. The van der Waals surface area contributed by atoms with Gasteiger partial charge in [-0.1, -0.05) is 140 Å². The van der Waals surface area contributed by atoms with E-state index < -0.39 is 0 Å². The molecule has 13 rings (SSSR count). The lowest BCUT2D eigenvalue weighted by molar-refractivity contribution is 0.669. The van der Waals surface area contributed by atoms with Gasteiger partial charge in [0.2, 0.25) is 0 Å².